The lowest BCUT2D eigenvalue weighted by Gasteiger charge is -2.33. The molecule has 10 heteroatoms. The maximum atomic E-state index is 12.6. The van der Waals surface area contributed by atoms with Crippen LogP contribution in [0.1, 0.15) is 16.1 Å². The Balaban J connectivity index is 1.62. The molecule has 1 fully saturated rings. The fourth-order valence-corrected chi connectivity index (χ4v) is 4.23. The number of hydrogen-bond acceptors (Lipinski definition) is 5. The molecule has 0 bridgehead atoms. The van der Waals surface area contributed by atoms with Crippen molar-refractivity contribution in [2.45, 2.75) is 11.1 Å². The highest BCUT2D eigenvalue weighted by Crippen LogP contribution is 2.30. The van der Waals surface area contributed by atoms with Gasteiger partial charge < -0.3 is 4.42 Å². The zero-order valence-corrected chi connectivity index (χ0v) is 15.0. The molecule has 0 radical (unpaired) electrons. The smallest absolute Gasteiger partial charge is 0.416 e. The van der Waals surface area contributed by atoms with Gasteiger partial charge in [-0.15, -0.1) is 0 Å². The van der Waals surface area contributed by atoms with Gasteiger partial charge in [-0.2, -0.15) is 17.5 Å². The van der Waals surface area contributed by atoms with Crippen LogP contribution in [-0.4, -0.2) is 56.1 Å². The molecule has 1 aromatic carbocycles. The highest BCUT2D eigenvalue weighted by molar-refractivity contribution is 7.89. The molecule has 0 amide bonds. The van der Waals surface area contributed by atoms with Gasteiger partial charge in [-0.3, -0.25) is 9.69 Å². The van der Waals surface area contributed by atoms with Gasteiger partial charge >= 0.3 is 6.18 Å². The van der Waals surface area contributed by atoms with E-state index in [1.54, 1.807) is 12.1 Å². The highest BCUT2D eigenvalue weighted by Gasteiger charge is 2.32. The number of benzene rings is 1. The Labute approximate surface area is 154 Å². The minimum atomic E-state index is -4.52. The quantitative estimate of drug-likeness (QED) is 0.719. The van der Waals surface area contributed by atoms with Crippen molar-refractivity contribution in [3.8, 4) is 0 Å². The SMILES string of the molecule is O=C(CN1CCN(S(=O)(=O)c2ccc(C(F)(F)F)cc2)CC1)c1ccco1. The topological polar surface area (TPSA) is 70.8 Å². The lowest BCUT2D eigenvalue weighted by Crippen LogP contribution is -2.49. The summed E-state index contributed by atoms with van der Waals surface area (Å²) in [5.74, 6) is 0.0499. The number of nitrogens with zero attached hydrogens (tertiary/aromatic N) is 2. The van der Waals surface area contributed by atoms with E-state index in [2.05, 4.69) is 0 Å². The number of rotatable bonds is 5. The van der Waals surface area contributed by atoms with Crippen molar-refractivity contribution in [3.63, 3.8) is 0 Å². The Morgan fingerprint density at radius 3 is 2.19 bits per heavy atom. The molecule has 0 atom stereocenters. The van der Waals surface area contributed by atoms with E-state index in [1.807, 2.05) is 4.90 Å². The van der Waals surface area contributed by atoms with Crippen LogP contribution in [0, 0.1) is 0 Å². The number of alkyl halides is 3. The molecule has 0 saturated carbocycles. The van der Waals surface area contributed by atoms with Gasteiger partial charge in [-0.25, -0.2) is 8.42 Å². The van der Waals surface area contributed by atoms with E-state index in [1.165, 1.54) is 10.6 Å². The first-order chi connectivity index (χ1) is 12.7. The van der Waals surface area contributed by atoms with E-state index >= 15 is 0 Å². The molecule has 0 aliphatic carbocycles. The number of Topliss-reactive ketones (excluding diaryl/α,β-unsaturated/α-hetero) is 1. The van der Waals surface area contributed by atoms with Gasteiger partial charge in [-0.1, -0.05) is 0 Å². The number of halogens is 3. The molecule has 2 heterocycles. The number of carbonyl (C=O) groups excluding carboxylic acids is 1. The first-order valence-electron chi connectivity index (χ1n) is 8.14. The average Bonchev–Trinajstić information content (AvgIpc) is 3.16. The van der Waals surface area contributed by atoms with E-state index < -0.39 is 21.8 Å². The Morgan fingerprint density at radius 1 is 1.04 bits per heavy atom. The summed E-state index contributed by atoms with van der Waals surface area (Å²) >= 11 is 0. The fourth-order valence-electron chi connectivity index (χ4n) is 2.81. The van der Waals surface area contributed by atoms with Crippen LogP contribution in [-0.2, 0) is 16.2 Å². The van der Waals surface area contributed by atoms with Gasteiger partial charge in [0.1, 0.15) is 0 Å². The monoisotopic (exact) mass is 402 g/mol. The minimum Gasteiger partial charge on any atom is -0.461 e. The first kappa shape index (κ1) is 19.6. The number of piperazine rings is 1. The van der Waals surface area contributed by atoms with Gasteiger partial charge in [0, 0.05) is 26.2 Å². The van der Waals surface area contributed by atoms with Crippen LogP contribution in [0.5, 0.6) is 0 Å². The van der Waals surface area contributed by atoms with Crippen molar-refractivity contribution in [1.29, 1.82) is 0 Å². The Hall–Kier alpha value is -2.17. The molecule has 1 aromatic heterocycles. The van der Waals surface area contributed by atoms with Crippen molar-refractivity contribution in [1.82, 2.24) is 9.21 Å². The summed E-state index contributed by atoms with van der Waals surface area (Å²) in [6.07, 6.45) is -3.11. The molecule has 6 nitrogen and oxygen atoms in total. The number of furan rings is 1. The maximum absolute atomic E-state index is 12.6. The number of ketones is 1. The lowest BCUT2D eigenvalue weighted by molar-refractivity contribution is -0.137. The summed E-state index contributed by atoms with van der Waals surface area (Å²) < 4.78 is 69.3. The van der Waals surface area contributed by atoms with Gasteiger partial charge in [-0.05, 0) is 36.4 Å². The third kappa shape index (κ3) is 4.40. The zero-order valence-electron chi connectivity index (χ0n) is 14.1. The van der Waals surface area contributed by atoms with E-state index in [9.17, 15) is 26.4 Å². The van der Waals surface area contributed by atoms with Crippen molar-refractivity contribution >= 4 is 15.8 Å². The second-order valence-electron chi connectivity index (χ2n) is 6.10. The van der Waals surface area contributed by atoms with E-state index in [-0.39, 0.29) is 36.1 Å². The highest BCUT2D eigenvalue weighted by atomic mass is 32.2. The van der Waals surface area contributed by atoms with Crippen molar-refractivity contribution in [3.05, 3.63) is 54.0 Å². The molecule has 0 N–H and O–H groups in total. The van der Waals surface area contributed by atoms with Crippen molar-refractivity contribution in [2.75, 3.05) is 32.7 Å². The molecule has 1 aliphatic rings. The van der Waals surface area contributed by atoms with E-state index in [0.717, 1.165) is 24.3 Å². The summed E-state index contributed by atoms with van der Waals surface area (Å²) in [6, 6.07) is 6.61. The summed E-state index contributed by atoms with van der Waals surface area (Å²) in [4.78, 5) is 13.7. The van der Waals surface area contributed by atoms with Crippen LogP contribution in [0.2, 0.25) is 0 Å². The van der Waals surface area contributed by atoms with Crippen LogP contribution in [0.15, 0.2) is 52.0 Å². The molecule has 0 unspecified atom stereocenters. The Morgan fingerprint density at radius 2 is 1.67 bits per heavy atom. The largest absolute Gasteiger partial charge is 0.461 e. The van der Waals surface area contributed by atoms with Gasteiger partial charge in [0.05, 0.1) is 23.3 Å². The third-order valence-corrected chi connectivity index (χ3v) is 6.23. The first-order valence-corrected chi connectivity index (χ1v) is 9.58. The fraction of sp³-hybridized carbons (Fsp3) is 0.353. The third-order valence-electron chi connectivity index (χ3n) is 4.31. The maximum Gasteiger partial charge on any atom is 0.416 e. The van der Waals surface area contributed by atoms with Crippen LogP contribution in [0.25, 0.3) is 0 Å². The van der Waals surface area contributed by atoms with Crippen molar-refractivity contribution < 1.29 is 30.8 Å². The summed E-state index contributed by atoms with van der Waals surface area (Å²) in [6.45, 7) is 1.09. The lowest BCUT2D eigenvalue weighted by atomic mass is 10.2. The number of sulfonamides is 1. The Bertz CT molecular complexity index is 885. The molecular formula is C17H17F3N2O4S. The van der Waals surface area contributed by atoms with Crippen LogP contribution < -0.4 is 0 Å². The molecule has 0 spiro atoms. The van der Waals surface area contributed by atoms with Gasteiger partial charge in [0.25, 0.3) is 0 Å². The van der Waals surface area contributed by atoms with Crippen molar-refractivity contribution in [2.24, 2.45) is 0 Å². The predicted octanol–water partition coefficient (Wildman–Crippen LogP) is 2.49. The molecule has 1 saturated heterocycles. The minimum absolute atomic E-state index is 0.113. The summed E-state index contributed by atoms with van der Waals surface area (Å²) in [5.41, 5.74) is -0.900. The average molecular weight is 402 g/mol. The second kappa shape index (κ2) is 7.45. The summed E-state index contributed by atoms with van der Waals surface area (Å²) in [5, 5.41) is 0. The van der Waals surface area contributed by atoms with Crippen LogP contribution >= 0.6 is 0 Å². The molecule has 3 rings (SSSR count). The standard InChI is InChI=1S/C17H17F3N2O4S/c18-17(19,20)13-3-5-14(6-4-13)27(24,25)22-9-7-21(8-10-22)12-15(23)16-2-1-11-26-16/h1-6,11H,7-10,12H2. The van der Waals surface area contributed by atoms with Gasteiger partial charge in [0.15, 0.2) is 5.76 Å². The zero-order chi connectivity index (χ0) is 19.7. The predicted molar refractivity (Wildman–Crippen MR) is 89.7 cm³/mol. The molecule has 146 valence electrons. The van der Waals surface area contributed by atoms with Crippen LogP contribution in [0.4, 0.5) is 13.2 Å². The molecule has 2 aromatic rings. The van der Waals surface area contributed by atoms with E-state index in [4.69, 9.17) is 4.42 Å². The van der Waals surface area contributed by atoms with Crippen LogP contribution in [0.3, 0.4) is 0 Å². The molecular weight excluding hydrogens is 385 g/mol. The van der Waals surface area contributed by atoms with Gasteiger partial charge in [0.2, 0.25) is 15.8 Å². The Kier molecular flexibility index (Phi) is 5.41. The number of hydrogen-bond donors (Lipinski definition) is 0. The number of carbonyl (C=O) groups is 1. The van der Waals surface area contributed by atoms with E-state index in [0.29, 0.717) is 13.1 Å². The molecule has 1 aliphatic heterocycles. The summed E-state index contributed by atoms with van der Waals surface area (Å²) in [7, 11) is -3.88. The second-order valence-corrected chi connectivity index (χ2v) is 8.04. The molecule has 27 heavy (non-hydrogen) atoms. The normalized spacial score (nSPS) is 17.1.